The highest BCUT2D eigenvalue weighted by Crippen LogP contribution is 2.38. The fourth-order valence-electron chi connectivity index (χ4n) is 1.98. The van der Waals surface area contributed by atoms with Gasteiger partial charge in [-0.2, -0.15) is 0 Å². The van der Waals surface area contributed by atoms with E-state index in [0.29, 0.717) is 5.33 Å². The van der Waals surface area contributed by atoms with Crippen LogP contribution in [-0.2, 0) is 5.60 Å². The van der Waals surface area contributed by atoms with Crippen LogP contribution in [0.2, 0.25) is 0 Å². The summed E-state index contributed by atoms with van der Waals surface area (Å²) in [6.07, 6.45) is 0.275. The first kappa shape index (κ1) is 15.3. The topological polar surface area (TPSA) is 20.2 Å². The van der Waals surface area contributed by atoms with Gasteiger partial charge in [0.15, 0.2) is 0 Å². The number of rotatable bonds is 4. The van der Waals surface area contributed by atoms with Crippen molar-refractivity contribution in [1.29, 1.82) is 0 Å². The zero-order valence-electron chi connectivity index (χ0n) is 10.2. The minimum absolute atomic E-state index is 0.275. The monoisotopic (exact) mass is 338 g/mol. The maximum absolute atomic E-state index is 10.7. The molecule has 0 heterocycles. The summed E-state index contributed by atoms with van der Waals surface area (Å²) < 4.78 is -0.958. The average Bonchev–Trinajstić information content (AvgIpc) is 2.13. The molecule has 96 valence electrons. The molecular weight excluding hydrogens is 323 g/mol. The van der Waals surface area contributed by atoms with E-state index >= 15 is 0 Å². The van der Waals surface area contributed by atoms with Crippen molar-refractivity contribution < 1.29 is 5.11 Å². The number of halogens is 3. The zero-order chi connectivity index (χ0) is 13.3. The van der Waals surface area contributed by atoms with Crippen molar-refractivity contribution in [1.82, 2.24) is 0 Å². The maximum atomic E-state index is 10.7. The molecule has 1 rings (SSSR count). The lowest BCUT2D eigenvalue weighted by atomic mass is 9.89. The lowest BCUT2D eigenvalue weighted by molar-refractivity contribution is 0.0511. The van der Waals surface area contributed by atoms with Crippen LogP contribution >= 0.6 is 39.1 Å². The Balaban J connectivity index is 3.15. The molecule has 1 atom stereocenters. The van der Waals surface area contributed by atoms with E-state index < -0.39 is 9.93 Å². The van der Waals surface area contributed by atoms with Gasteiger partial charge in [0.25, 0.3) is 0 Å². The first-order valence-electron chi connectivity index (χ1n) is 5.41. The van der Waals surface area contributed by atoms with E-state index in [9.17, 15) is 5.11 Å². The smallest absolute Gasteiger partial charge is 0.118 e. The molecule has 0 amide bonds. The van der Waals surface area contributed by atoms with Crippen molar-refractivity contribution >= 4 is 39.1 Å². The molecule has 1 N–H and O–H groups in total. The fraction of sp³-hybridized carbons (Fsp3) is 0.538. The highest BCUT2D eigenvalue weighted by molar-refractivity contribution is 9.09. The maximum Gasteiger partial charge on any atom is 0.118 e. The lowest BCUT2D eigenvalue weighted by Gasteiger charge is -2.31. The molecule has 0 spiro atoms. The van der Waals surface area contributed by atoms with Gasteiger partial charge < -0.3 is 5.11 Å². The fourth-order valence-corrected chi connectivity index (χ4v) is 2.95. The van der Waals surface area contributed by atoms with E-state index in [2.05, 4.69) is 22.0 Å². The van der Waals surface area contributed by atoms with Crippen molar-refractivity contribution in [2.24, 2.45) is 0 Å². The second kappa shape index (κ2) is 5.48. The van der Waals surface area contributed by atoms with Gasteiger partial charge in [-0.15, -0.1) is 23.2 Å². The van der Waals surface area contributed by atoms with Gasteiger partial charge in [-0.05, 0) is 26.3 Å². The molecule has 0 aliphatic carbocycles. The summed E-state index contributed by atoms with van der Waals surface area (Å²) in [6, 6.07) is 6.00. The van der Waals surface area contributed by atoms with Gasteiger partial charge in [0, 0.05) is 11.8 Å². The molecule has 0 radical (unpaired) electrons. The van der Waals surface area contributed by atoms with E-state index in [0.717, 1.165) is 16.7 Å². The molecule has 0 fully saturated rings. The summed E-state index contributed by atoms with van der Waals surface area (Å²) in [5.74, 6) is 0. The van der Waals surface area contributed by atoms with Crippen LogP contribution in [0.4, 0.5) is 0 Å². The first-order chi connectivity index (χ1) is 7.66. The van der Waals surface area contributed by atoms with Gasteiger partial charge in [-0.1, -0.05) is 45.3 Å². The van der Waals surface area contributed by atoms with Crippen LogP contribution in [0.3, 0.4) is 0 Å². The third-order valence-corrected chi connectivity index (χ3v) is 3.78. The van der Waals surface area contributed by atoms with Crippen molar-refractivity contribution in [2.45, 2.75) is 37.1 Å². The van der Waals surface area contributed by atoms with Crippen molar-refractivity contribution in [3.05, 3.63) is 34.9 Å². The molecule has 1 aromatic carbocycles. The Morgan fingerprint density at radius 2 is 1.65 bits per heavy atom. The molecule has 0 bridgehead atoms. The third kappa shape index (κ3) is 4.44. The normalized spacial score (nSPS) is 15.7. The zero-order valence-corrected chi connectivity index (χ0v) is 13.3. The molecule has 1 aromatic rings. The Hall–Kier alpha value is 0.240. The number of hydrogen-bond donors (Lipinski definition) is 1. The van der Waals surface area contributed by atoms with E-state index in [4.69, 9.17) is 23.2 Å². The van der Waals surface area contributed by atoms with Crippen LogP contribution in [0.25, 0.3) is 0 Å². The number of benzene rings is 1. The molecule has 0 aliphatic heterocycles. The lowest BCUT2D eigenvalue weighted by Crippen LogP contribution is -2.33. The molecule has 1 nitrogen and oxygen atoms in total. The molecule has 1 unspecified atom stereocenters. The summed E-state index contributed by atoms with van der Waals surface area (Å²) >= 11 is 15.4. The summed E-state index contributed by atoms with van der Waals surface area (Å²) in [5, 5.41) is 11.1. The van der Waals surface area contributed by atoms with Crippen LogP contribution < -0.4 is 0 Å². The van der Waals surface area contributed by atoms with Gasteiger partial charge >= 0.3 is 0 Å². The van der Waals surface area contributed by atoms with Gasteiger partial charge in [-0.25, -0.2) is 0 Å². The Morgan fingerprint density at radius 3 is 2.00 bits per heavy atom. The van der Waals surface area contributed by atoms with E-state index in [1.165, 1.54) is 0 Å². The summed E-state index contributed by atoms with van der Waals surface area (Å²) in [5.41, 5.74) is 2.03. The van der Waals surface area contributed by atoms with Crippen molar-refractivity contribution in [3.8, 4) is 0 Å². The summed E-state index contributed by atoms with van der Waals surface area (Å²) in [7, 11) is 0. The summed E-state index contributed by atoms with van der Waals surface area (Å²) in [6.45, 7) is 5.70. The standard InChI is InChI=1S/C13H17BrCl2O/c1-9-4-10(2)6-11(5-9)13(17,8-14)7-12(3,15)16/h4-6,17H,7-8H2,1-3H3. The number of aliphatic hydroxyl groups is 1. The SMILES string of the molecule is Cc1cc(C)cc(C(O)(CBr)CC(C)(Cl)Cl)c1. The van der Waals surface area contributed by atoms with E-state index in [-0.39, 0.29) is 6.42 Å². The van der Waals surface area contributed by atoms with Crippen LogP contribution in [0, 0.1) is 13.8 Å². The predicted molar refractivity (Wildman–Crippen MR) is 78.3 cm³/mol. The average molecular weight is 340 g/mol. The molecule has 0 saturated heterocycles. The largest absolute Gasteiger partial charge is 0.384 e. The second-order valence-electron chi connectivity index (χ2n) is 4.79. The first-order valence-corrected chi connectivity index (χ1v) is 7.29. The Labute approximate surface area is 121 Å². The minimum Gasteiger partial charge on any atom is -0.384 e. The summed E-state index contributed by atoms with van der Waals surface area (Å²) in [4.78, 5) is 0. The quantitative estimate of drug-likeness (QED) is 0.802. The number of hydrogen-bond acceptors (Lipinski definition) is 1. The van der Waals surface area contributed by atoms with Crippen molar-refractivity contribution in [2.75, 3.05) is 5.33 Å². The van der Waals surface area contributed by atoms with Crippen molar-refractivity contribution in [3.63, 3.8) is 0 Å². The van der Waals surface area contributed by atoms with Gasteiger partial charge in [0.1, 0.15) is 9.93 Å². The number of alkyl halides is 3. The predicted octanol–water partition coefficient (Wildman–Crippen LogP) is 4.47. The molecule has 0 aliphatic rings. The van der Waals surface area contributed by atoms with Gasteiger partial charge in [0.2, 0.25) is 0 Å². The molecule has 17 heavy (non-hydrogen) atoms. The van der Waals surface area contributed by atoms with Gasteiger partial charge in [0.05, 0.1) is 0 Å². The Kier molecular flexibility index (Phi) is 4.93. The second-order valence-corrected chi connectivity index (χ2v) is 7.21. The number of aryl methyl sites for hydroxylation is 2. The van der Waals surface area contributed by atoms with Crippen LogP contribution in [-0.4, -0.2) is 14.8 Å². The molecule has 0 aromatic heterocycles. The highest BCUT2D eigenvalue weighted by Gasteiger charge is 2.35. The van der Waals surface area contributed by atoms with E-state index in [1.54, 1.807) is 6.92 Å². The minimum atomic E-state index is -1.05. The van der Waals surface area contributed by atoms with Crippen LogP contribution in [0.5, 0.6) is 0 Å². The van der Waals surface area contributed by atoms with E-state index in [1.807, 2.05) is 26.0 Å². The molecule has 4 heteroatoms. The molecular formula is C13H17BrCl2O. The van der Waals surface area contributed by atoms with Gasteiger partial charge in [-0.3, -0.25) is 0 Å². The Morgan fingerprint density at radius 1 is 1.18 bits per heavy atom. The Bertz CT molecular complexity index is 381. The van der Waals surface area contributed by atoms with Crippen LogP contribution in [0.1, 0.15) is 30.0 Å². The van der Waals surface area contributed by atoms with Crippen LogP contribution in [0.15, 0.2) is 18.2 Å². The molecule has 0 saturated carbocycles. The third-order valence-electron chi connectivity index (χ3n) is 2.58. The highest BCUT2D eigenvalue weighted by atomic mass is 79.9.